The smallest absolute Gasteiger partial charge is 0.118 e. The third-order valence-corrected chi connectivity index (χ3v) is 2.86. The summed E-state index contributed by atoms with van der Waals surface area (Å²) in [6.45, 7) is 4.55. The summed E-state index contributed by atoms with van der Waals surface area (Å²) in [4.78, 5) is 0. The van der Waals surface area contributed by atoms with Gasteiger partial charge in [-0.2, -0.15) is 0 Å². The van der Waals surface area contributed by atoms with Crippen molar-refractivity contribution in [3.63, 3.8) is 0 Å². The van der Waals surface area contributed by atoms with Crippen molar-refractivity contribution in [2.24, 2.45) is 0 Å². The number of nitrogens with one attached hydrogen (secondary N) is 1. The minimum Gasteiger partial charge on any atom is -0.508 e. The molecular formula is C11H15NO2. The standard InChI is InChI=1S/C11H15NO2/c1-6-3-8-5-12-7(2)11(14)9(8)4-10(6)13/h3-4,7,11-14H,5H2,1-2H3. The van der Waals surface area contributed by atoms with Crippen molar-refractivity contribution >= 4 is 0 Å². The van der Waals surface area contributed by atoms with Crippen LogP contribution in [0.4, 0.5) is 0 Å². The van der Waals surface area contributed by atoms with Crippen LogP contribution in [-0.4, -0.2) is 16.3 Å². The fraction of sp³-hybridized carbons (Fsp3) is 0.455. The summed E-state index contributed by atoms with van der Waals surface area (Å²) in [5.74, 6) is 0.261. The lowest BCUT2D eigenvalue weighted by atomic mass is 9.92. The Labute approximate surface area is 83.4 Å². The third kappa shape index (κ3) is 1.38. The molecule has 0 amide bonds. The molecule has 1 aliphatic heterocycles. The molecule has 2 atom stereocenters. The number of aromatic hydroxyl groups is 1. The SMILES string of the molecule is Cc1cc2c(cc1O)C(O)C(C)NC2. The number of aliphatic hydroxyl groups is 1. The van der Waals surface area contributed by atoms with Crippen LogP contribution in [0.15, 0.2) is 12.1 Å². The number of aliphatic hydroxyl groups excluding tert-OH is 1. The fourth-order valence-electron chi connectivity index (χ4n) is 1.85. The summed E-state index contributed by atoms with van der Waals surface area (Å²) >= 11 is 0. The second-order valence-corrected chi connectivity index (χ2v) is 3.95. The number of hydrogen-bond donors (Lipinski definition) is 3. The van der Waals surface area contributed by atoms with E-state index in [0.29, 0.717) is 0 Å². The summed E-state index contributed by atoms with van der Waals surface area (Å²) in [5, 5.41) is 22.6. The summed E-state index contributed by atoms with van der Waals surface area (Å²) in [6, 6.07) is 3.64. The Morgan fingerprint density at radius 2 is 2.14 bits per heavy atom. The van der Waals surface area contributed by atoms with E-state index in [9.17, 15) is 10.2 Å². The Morgan fingerprint density at radius 1 is 1.43 bits per heavy atom. The van der Waals surface area contributed by atoms with Crippen molar-refractivity contribution in [2.75, 3.05) is 0 Å². The van der Waals surface area contributed by atoms with Gasteiger partial charge >= 0.3 is 0 Å². The van der Waals surface area contributed by atoms with Crippen molar-refractivity contribution in [1.29, 1.82) is 0 Å². The molecule has 1 aromatic carbocycles. The number of hydrogen-bond acceptors (Lipinski definition) is 3. The second kappa shape index (κ2) is 3.26. The van der Waals surface area contributed by atoms with Gasteiger partial charge < -0.3 is 15.5 Å². The molecule has 0 aliphatic carbocycles. The minimum atomic E-state index is -0.523. The summed E-state index contributed by atoms with van der Waals surface area (Å²) in [5.41, 5.74) is 2.78. The zero-order valence-corrected chi connectivity index (χ0v) is 8.41. The lowest BCUT2D eigenvalue weighted by Crippen LogP contribution is -2.36. The largest absolute Gasteiger partial charge is 0.508 e. The maximum atomic E-state index is 9.87. The molecule has 3 nitrogen and oxygen atoms in total. The monoisotopic (exact) mass is 193 g/mol. The maximum Gasteiger partial charge on any atom is 0.118 e. The van der Waals surface area contributed by atoms with Crippen molar-refractivity contribution in [2.45, 2.75) is 32.5 Å². The Bertz CT molecular complexity index is 363. The van der Waals surface area contributed by atoms with E-state index in [1.54, 1.807) is 6.07 Å². The summed E-state index contributed by atoms with van der Waals surface area (Å²) in [7, 11) is 0. The van der Waals surface area contributed by atoms with E-state index >= 15 is 0 Å². The van der Waals surface area contributed by atoms with Crippen molar-refractivity contribution in [3.05, 3.63) is 28.8 Å². The fourth-order valence-corrected chi connectivity index (χ4v) is 1.85. The summed E-state index contributed by atoms with van der Waals surface area (Å²) in [6.07, 6.45) is -0.523. The van der Waals surface area contributed by atoms with Gasteiger partial charge in [-0.1, -0.05) is 6.07 Å². The molecule has 0 bridgehead atoms. The van der Waals surface area contributed by atoms with Gasteiger partial charge in [0.2, 0.25) is 0 Å². The molecule has 0 radical (unpaired) electrons. The normalized spacial score (nSPS) is 25.9. The van der Waals surface area contributed by atoms with Crippen LogP contribution in [0.2, 0.25) is 0 Å². The van der Waals surface area contributed by atoms with E-state index in [2.05, 4.69) is 5.32 Å². The predicted molar refractivity (Wildman–Crippen MR) is 54.1 cm³/mol. The van der Waals surface area contributed by atoms with Gasteiger partial charge in [-0.05, 0) is 36.6 Å². The number of phenols is 1. The molecule has 0 spiro atoms. The van der Waals surface area contributed by atoms with Crippen LogP contribution < -0.4 is 5.32 Å². The van der Waals surface area contributed by atoms with Gasteiger partial charge in [0.1, 0.15) is 5.75 Å². The van der Waals surface area contributed by atoms with Gasteiger partial charge in [0, 0.05) is 12.6 Å². The molecule has 2 rings (SSSR count). The Hall–Kier alpha value is -1.06. The average Bonchev–Trinajstić information content (AvgIpc) is 2.15. The number of aryl methyl sites for hydroxylation is 1. The number of rotatable bonds is 0. The molecule has 1 heterocycles. The summed E-state index contributed by atoms with van der Waals surface area (Å²) < 4.78 is 0. The lowest BCUT2D eigenvalue weighted by Gasteiger charge is -2.29. The van der Waals surface area contributed by atoms with Crippen LogP contribution in [0.5, 0.6) is 5.75 Å². The first kappa shape index (κ1) is 9.49. The highest BCUT2D eigenvalue weighted by molar-refractivity contribution is 5.43. The molecule has 2 unspecified atom stereocenters. The van der Waals surface area contributed by atoms with E-state index < -0.39 is 6.10 Å². The van der Waals surface area contributed by atoms with Crippen molar-refractivity contribution in [1.82, 2.24) is 5.32 Å². The van der Waals surface area contributed by atoms with Gasteiger partial charge in [-0.3, -0.25) is 0 Å². The van der Waals surface area contributed by atoms with Gasteiger partial charge in [0.25, 0.3) is 0 Å². The van der Waals surface area contributed by atoms with Crippen LogP contribution in [0, 0.1) is 6.92 Å². The van der Waals surface area contributed by atoms with E-state index in [-0.39, 0.29) is 11.8 Å². The van der Waals surface area contributed by atoms with Crippen LogP contribution in [0.1, 0.15) is 29.7 Å². The molecule has 0 saturated heterocycles. The molecule has 76 valence electrons. The molecule has 0 saturated carbocycles. The molecule has 1 aromatic rings. The first-order chi connectivity index (χ1) is 6.59. The van der Waals surface area contributed by atoms with E-state index in [1.807, 2.05) is 19.9 Å². The van der Waals surface area contributed by atoms with Crippen molar-refractivity contribution < 1.29 is 10.2 Å². The van der Waals surface area contributed by atoms with Gasteiger partial charge in [0.15, 0.2) is 0 Å². The minimum absolute atomic E-state index is 0.0459. The Morgan fingerprint density at radius 3 is 2.86 bits per heavy atom. The van der Waals surface area contributed by atoms with E-state index in [1.165, 1.54) is 0 Å². The molecule has 0 fully saturated rings. The van der Waals surface area contributed by atoms with E-state index in [0.717, 1.165) is 23.2 Å². The second-order valence-electron chi connectivity index (χ2n) is 3.95. The lowest BCUT2D eigenvalue weighted by molar-refractivity contribution is 0.125. The number of phenolic OH excluding ortho intramolecular Hbond substituents is 1. The van der Waals surface area contributed by atoms with Crippen LogP contribution in [-0.2, 0) is 6.54 Å². The maximum absolute atomic E-state index is 9.87. The van der Waals surface area contributed by atoms with Gasteiger partial charge in [-0.25, -0.2) is 0 Å². The molecule has 3 N–H and O–H groups in total. The third-order valence-electron chi connectivity index (χ3n) is 2.86. The van der Waals surface area contributed by atoms with E-state index in [4.69, 9.17) is 0 Å². The Kier molecular flexibility index (Phi) is 2.21. The quantitative estimate of drug-likeness (QED) is 0.580. The van der Waals surface area contributed by atoms with Crippen LogP contribution >= 0.6 is 0 Å². The number of benzene rings is 1. The van der Waals surface area contributed by atoms with Crippen molar-refractivity contribution in [3.8, 4) is 5.75 Å². The zero-order chi connectivity index (χ0) is 10.3. The molecule has 1 aliphatic rings. The Balaban J connectivity index is 2.50. The first-order valence-electron chi connectivity index (χ1n) is 4.83. The molecule has 14 heavy (non-hydrogen) atoms. The average molecular weight is 193 g/mol. The zero-order valence-electron chi connectivity index (χ0n) is 8.41. The first-order valence-corrected chi connectivity index (χ1v) is 4.83. The topological polar surface area (TPSA) is 52.5 Å². The number of fused-ring (bicyclic) bond motifs is 1. The predicted octanol–water partition coefficient (Wildman–Crippen LogP) is 1.23. The van der Waals surface area contributed by atoms with Crippen LogP contribution in [0.25, 0.3) is 0 Å². The highest BCUT2D eigenvalue weighted by Crippen LogP contribution is 2.30. The van der Waals surface area contributed by atoms with Gasteiger partial charge in [0.05, 0.1) is 6.10 Å². The van der Waals surface area contributed by atoms with Gasteiger partial charge in [-0.15, -0.1) is 0 Å². The molecule has 0 aromatic heterocycles. The molecule has 3 heteroatoms. The van der Waals surface area contributed by atoms with Crippen LogP contribution in [0.3, 0.4) is 0 Å². The molecular weight excluding hydrogens is 178 g/mol. The highest BCUT2D eigenvalue weighted by atomic mass is 16.3. The highest BCUT2D eigenvalue weighted by Gasteiger charge is 2.24.